The maximum absolute atomic E-state index is 12.2. The molecule has 0 aliphatic heterocycles. The van der Waals surface area contributed by atoms with Gasteiger partial charge in [-0.25, -0.2) is 4.98 Å². The zero-order valence-electron chi connectivity index (χ0n) is 12.5. The molecule has 0 atom stereocenters. The van der Waals surface area contributed by atoms with E-state index < -0.39 is 0 Å². The highest BCUT2D eigenvalue weighted by Gasteiger charge is 2.14. The molecule has 1 amide bonds. The molecule has 0 aliphatic carbocycles. The first-order chi connectivity index (χ1) is 10.5. The quantitative estimate of drug-likeness (QED) is 0.792. The van der Waals surface area contributed by atoms with E-state index in [0.29, 0.717) is 15.9 Å². The van der Waals surface area contributed by atoms with Gasteiger partial charge >= 0.3 is 0 Å². The van der Waals surface area contributed by atoms with E-state index in [1.165, 1.54) is 22.2 Å². The number of thiophene rings is 1. The van der Waals surface area contributed by atoms with Crippen LogP contribution in [0.4, 0.5) is 5.69 Å². The molecule has 22 heavy (non-hydrogen) atoms. The maximum Gasteiger partial charge on any atom is 0.262 e. The highest BCUT2D eigenvalue weighted by molar-refractivity contribution is 7.16. The number of anilines is 1. The fraction of sp³-hybridized carbons (Fsp3) is 0.286. The van der Waals surface area contributed by atoms with Crippen LogP contribution in [0.1, 0.15) is 11.4 Å². The minimum Gasteiger partial charge on any atom is -0.321 e. The average molecular weight is 317 g/mol. The average Bonchev–Trinajstić information content (AvgIpc) is 3.03. The largest absolute Gasteiger partial charge is 0.321 e. The third kappa shape index (κ3) is 2.41. The summed E-state index contributed by atoms with van der Waals surface area (Å²) in [5, 5.41) is 9.40. The molecule has 0 radical (unpaired) electrons. The van der Waals surface area contributed by atoms with Crippen molar-refractivity contribution in [3.8, 4) is 0 Å². The molecule has 114 valence electrons. The first kappa shape index (κ1) is 14.5. The van der Waals surface area contributed by atoms with Crippen LogP contribution in [0.5, 0.6) is 0 Å². The van der Waals surface area contributed by atoms with Crippen LogP contribution in [-0.2, 0) is 18.4 Å². The van der Waals surface area contributed by atoms with Gasteiger partial charge in [-0.05, 0) is 25.3 Å². The first-order valence-corrected chi connectivity index (χ1v) is 7.58. The zero-order chi connectivity index (χ0) is 15.9. The highest BCUT2D eigenvalue weighted by Crippen LogP contribution is 2.18. The molecule has 7 nitrogen and oxygen atoms in total. The van der Waals surface area contributed by atoms with E-state index >= 15 is 0 Å². The Morgan fingerprint density at radius 2 is 2.18 bits per heavy atom. The molecule has 3 aromatic heterocycles. The Hall–Kier alpha value is -2.48. The molecule has 0 spiro atoms. The number of hydrogen-bond donors (Lipinski definition) is 1. The smallest absolute Gasteiger partial charge is 0.262 e. The van der Waals surface area contributed by atoms with E-state index in [9.17, 15) is 9.59 Å². The van der Waals surface area contributed by atoms with Gasteiger partial charge in [0.1, 0.15) is 11.4 Å². The first-order valence-electron chi connectivity index (χ1n) is 6.70. The van der Waals surface area contributed by atoms with Crippen molar-refractivity contribution in [2.75, 3.05) is 5.32 Å². The van der Waals surface area contributed by atoms with Gasteiger partial charge in [-0.2, -0.15) is 5.10 Å². The van der Waals surface area contributed by atoms with Crippen molar-refractivity contribution in [3.63, 3.8) is 0 Å². The van der Waals surface area contributed by atoms with E-state index in [-0.39, 0.29) is 18.0 Å². The maximum atomic E-state index is 12.2. The van der Waals surface area contributed by atoms with Gasteiger partial charge in [-0.15, -0.1) is 11.3 Å². The van der Waals surface area contributed by atoms with Crippen molar-refractivity contribution < 1.29 is 4.79 Å². The molecule has 0 unspecified atom stereocenters. The molecule has 3 heterocycles. The number of carbonyl (C=O) groups is 1. The highest BCUT2D eigenvalue weighted by atomic mass is 32.1. The van der Waals surface area contributed by atoms with E-state index in [1.807, 2.05) is 26.3 Å². The molecule has 3 rings (SSSR count). The number of aryl methyl sites for hydroxylation is 2. The van der Waals surface area contributed by atoms with Crippen molar-refractivity contribution >= 4 is 33.1 Å². The molecular formula is C14H15N5O2S. The molecule has 8 heteroatoms. The summed E-state index contributed by atoms with van der Waals surface area (Å²) in [5.74, 6) is -0.280. The van der Waals surface area contributed by atoms with E-state index in [2.05, 4.69) is 15.4 Å². The summed E-state index contributed by atoms with van der Waals surface area (Å²) in [6.07, 6.45) is 1.41. The van der Waals surface area contributed by atoms with Crippen LogP contribution in [0, 0.1) is 13.8 Å². The van der Waals surface area contributed by atoms with Gasteiger partial charge in [0.2, 0.25) is 5.91 Å². The van der Waals surface area contributed by atoms with Crippen molar-refractivity contribution in [3.05, 3.63) is 39.5 Å². The lowest BCUT2D eigenvalue weighted by atomic mass is 10.3. The third-order valence-corrected chi connectivity index (χ3v) is 4.36. The Morgan fingerprint density at radius 1 is 1.41 bits per heavy atom. The normalized spacial score (nSPS) is 11.0. The fourth-order valence-corrected chi connectivity index (χ4v) is 3.02. The Balaban J connectivity index is 1.84. The van der Waals surface area contributed by atoms with Crippen molar-refractivity contribution in [2.45, 2.75) is 20.4 Å². The SMILES string of the molecule is Cc1nn(C)c(C)c1NC(=O)Cn1cnc2sccc2c1=O. The van der Waals surface area contributed by atoms with Crippen LogP contribution in [-0.4, -0.2) is 25.2 Å². The van der Waals surface area contributed by atoms with Gasteiger partial charge in [0.15, 0.2) is 0 Å². The zero-order valence-corrected chi connectivity index (χ0v) is 13.3. The summed E-state index contributed by atoms with van der Waals surface area (Å²) >= 11 is 1.40. The van der Waals surface area contributed by atoms with Gasteiger partial charge in [0.25, 0.3) is 5.56 Å². The molecule has 1 N–H and O–H groups in total. The van der Waals surface area contributed by atoms with Crippen LogP contribution in [0.2, 0.25) is 0 Å². The van der Waals surface area contributed by atoms with Gasteiger partial charge in [-0.3, -0.25) is 18.8 Å². The van der Waals surface area contributed by atoms with E-state index in [4.69, 9.17) is 0 Å². The monoisotopic (exact) mass is 317 g/mol. The van der Waals surface area contributed by atoms with Gasteiger partial charge < -0.3 is 5.32 Å². The number of nitrogens with one attached hydrogen (secondary N) is 1. The molecule has 0 aromatic carbocycles. The Morgan fingerprint density at radius 3 is 2.86 bits per heavy atom. The minimum absolute atomic E-state index is 0.0780. The lowest BCUT2D eigenvalue weighted by molar-refractivity contribution is -0.116. The number of rotatable bonds is 3. The standard InChI is InChI=1S/C14H15N5O2S/c1-8-12(9(2)18(3)17-8)16-11(20)6-19-7-15-13-10(14(19)21)4-5-22-13/h4-5,7H,6H2,1-3H3,(H,16,20). The fourth-order valence-electron chi connectivity index (χ4n) is 2.29. The summed E-state index contributed by atoms with van der Waals surface area (Å²) in [6.45, 7) is 3.62. The van der Waals surface area contributed by atoms with E-state index in [0.717, 1.165) is 11.4 Å². The summed E-state index contributed by atoms with van der Waals surface area (Å²) in [4.78, 5) is 29.3. The number of aromatic nitrogens is 4. The summed E-state index contributed by atoms with van der Waals surface area (Å²) in [6, 6.07) is 1.72. The third-order valence-electron chi connectivity index (χ3n) is 3.54. The Labute approximate surface area is 130 Å². The van der Waals surface area contributed by atoms with Crippen molar-refractivity contribution in [2.24, 2.45) is 7.05 Å². The molecule has 0 saturated carbocycles. The second-order valence-corrected chi connectivity index (χ2v) is 5.93. The Kier molecular flexibility index (Phi) is 3.53. The molecule has 0 fully saturated rings. The van der Waals surface area contributed by atoms with Crippen molar-refractivity contribution in [1.82, 2.24) is 19.3 Å². The lowest BCUT2D eigenvalue weighted by Gasteiger charge is -2.07. The summed E-state index contributed by atoms with van der Waals surface area (Å²) in [7, 11) is 1.82. The van der Waals surface area contributed by atoms with E-state index in [1.54, 1.807) is 10.7 Å². The van der Waals surface area contributed by atoms with Crippen LogP contribution in [0.25, 0.3) is 10.2 Å². The predicted molar refractivity (Wildman–Crippen MR) is 85.2 cm³/mol. The number of nitrogens with zero attached hydrogens (tertiary/aromatic N) is 4. The number of amides is 1. The molecule has 0 aliphatic rings. The summed E-state index contributed by atoms with van der Waals surface area (Å²) in [5.41, 5.74) is 2.09. The number of carbonyl (C=O) groups excluding carboxylic acids is 1. The molecule has 0 bridgehead atoms. The molecule has 3 aromatic rings. The van der Waals surface area contributed by atoms with Crippen LogP contribution < -0.4 is 10.9 Å². The number of hydrogen-bond acceptors (Lipinski definition) is 5. The molecular weight excluding hydrogens is 302 g/mol. The van der Waals surface area contributed by atoms with Gasteiger partial charge in [0, 0.05) is 7.05 Å². The molecule has 0 saturated heterocycles. The summed E-state index contributed by atoms with van der Waals surface area (Å²) < 4.78 is 3.02. The van der Waals surface area contributed by atoms with Crippen LogP contribution >= 0.6 is 11.3 Å². The predicted octanol–water partition coefficient (Wildman–Crippen LogP) is 1.45. The number of fused-ring (bicyclic) bond motifs is 1. The Bertz CT molecular complexity index is 921. The topological polar surface area (TPSA) is 81.8 Å². The van der Waals surface area contributed by atoms with Gasteiger partial charge in [0.05, 0.1) is 28.8 Å². The minimum atomic E-state index is -0.280. The van der Waals surface area contributed by atoms with Crippen LogP contribution in [0.3, 0.4) is 0 Å². The second kappa shape index (κ2) is 5.38. The second-order valence-electron chi connectivity index (χ2n) is 5.03. The van der Waals surface area contributed by atoms with Crippen molar-refractivity contribution in [1.29, 1.82) is 0 Å². The van der Waals surface area contributed by atoms with Gasteiger partial charge in [-0.1, -0.05) is 0 Å². The lowest BCUT2D eigenvalue weighted by Crippen LogP contribution is -2.27. The van der Waals surface area contributed by atoms with Crippen LogP contribution in [0.15, 0.2) is 22.6 Å².